The number of benzene rings is 2. The number of rotatable bonds is 9. The molecule has 3 aromatic rings. The number of pyridine rings is 1. The topological polar surface area (TPSA) is 54.9 Å². The van der Waals surface area contributed by atoms with E-state index < -0.39 is 0 Å². The second kappa shape index (κ2) is 10.4. The van der Waals surface area contributed by atoms with Gasteiger partial charge < -0.3 is 14.4 Å². The molecule has 1 atom stereocenters. The maximum Gasteiger partial charge on any atom is 0.410 e. The first-order valence-corrected chi connectivity index (χ1v) is 11.0. The highest BCUT2D eigenvalue weighted by Gasteiger charge is 2.32. The molecule has 0 radical (unpaired) electrons. The number of aromatic nitrogens is 1. The predicted octanol–water partition coefficient (Wildman–Crippen LogP) is 4.91. The van der Waals surface area contributed by atoms with Crippen molar-refractivity contribution in [2.75, 3.05) is 33.8 Å². The average molecular weight is 450 g/mol. The number of carbonyl (C=O) groups is 1. The van der Waals surface area contributed by atoms with Gasteiger partial charge in [0, 0.05) is 30.9 Å². The van der Waals surface area contributed by atoms with Crippen molar-refractivity contribution < 1.29 is 18.7 Å². The molecule has 1 unspecified atom stereocenters. The second-order valence-corrected chi connectivity index (χ2v) is 8.39. The maximum absolute atomic E-state index is 13.1. The van der Waals surface area contributed by atoms with E-state index in [-0.39, 0.29) is 18.0 Å². The maximum atomic E-state index is 13.1. The lowest BCUT2D eigenvalue weighted by atomic mass is 10.1. The van der Waals surface area contributed by atoms with Crippen LogP contribution >= 0.6 is 0 Å². The minimum Gasteiger partial charge on any atom is -0.478 e. The Hall–Kier alpha value is -3.45. The van der Waals surface area contributed by atoms with Crippen LogP contribution in [0.4, 0.5) is 9.18 Å². The van der Waals surface area contributed by atoms with Crippen molar-refractivity contribution >= 4 is 6.09 Å². The van der Waals surface area contributed by atoms with Crippen LogP contribution in [0.25, 0.3) is 11.1 Å². The summed E-state index contributed by atoms with van der Waals surface area (Å²) in [6, 6.07) is 18.0. The third kappa shape index (κ3) is 6.08. The number of halogens is 1. The molecule has 1 aliphatic heterocycles. The number of nitrogens with zero attached hydrogens (tertiary/aromatic N) is 3. The number of hydrogen-bond acceptors (Lipinski definition) is 5. The van der Waals surface area contributed by atoms with E-state index >= 15 is 0 Å². The molecule has 1 fully saturated rings. The molecule has 1 amide bonds. The zero-order chi connectivity index (χ0) is 23.2. The summed E-state index contributed by atoms with van der Waals surface area (Å²) < 4.78 is 24.3. The molecule has 0 saturated carbocycles. The smallest absolute Gasteiger partial charge is 0.410 e. The Balaban J connectivity index is 1.32. The third-order valence-electron chi connectivity index (χ3n) is 5.53. The van der Waals surface area contributed by atoms with Crippen LogP contribution in [0.5, 0.6) is 5.88 Å². The Kier molecular flexibility index (Phi) is 7.19. The van der Waals surface area contributed by atoms with E-state index in [1.165, 1.54) is 12.1 Å². The molecular formula is C26H28FN3O3. The largest absolute Gasteiger partial charge is 0.478 e. The van der Waals surface area contributed by atoms with E-state index in [0.29, 0.717) is 25.6 Å². The van der Waals surface area contributed by atoms with Gasteiger partial charge in [-0.15, -0.1) is 0 Å². The van der Waals surface area contributed by atoms with Gasteiger partial charge in [-0.05, 0) is 55.4 Å². The van der Waals surface area contributed by atoms with Crippen molar-refractivity contribution in [3.05, 3.63) is 83.8 Å². The molecular weight excluding hydrogens is 421 g/mol. The van der Waals surface area contributed by atoms with Crippen LogP contribution in [0.1, 0.15) is 23.7 Å². The quantitative estimate of drug-likeness (QED) is 0.435. The normalized spacial score (nSPS) is 15.7. The van der Waals surface area contributed by atoms with Crippen LogP contribution in [-0.4, -0.2) is 54.7 Å². The standard InChI is InChI=1S/C26H28FN3O3/c1-29(2)14-3-15-32-25-13-10-22(16-28-25)20-6-4-19(5-7-20)17-30-18-24(33-26(30)31)21-8-11-23(27)12-9-21/h4-13,16,24H,3,14-15,17-18H2,1-2H3. The van der Waals surface area contributed by atoms with Gasteiger partial charge in [-0.3, -0.25) is 4.90 Å². The Labute approximate surface area is 193 Å². The van der Waals surface area contributed by atoms with E-state index in [9.17, 15) is 9.18 Å². The number of hydrogen-bond donors (Lipinski definition) is 0. The van der Waals surface area contributed by atoms with Crippen LogP contribution in [0.15, 0.2) is 66.9 Å². The lowest BCUT2D eigenvalue weighted by molar-refractivity contribution is 0.132. The molecule has 1 saturated heterocycles. The summed E-state index contributed by atoms with van der Waals surface area (Å²) in [5.74, 6) is 0.315. The summed E-state index contributed by atoms with van der Waals surface area (Å²) in [6.45, 7) is 2.51. The average Bonchev–Trinajstić information content (AvgIpc) is 3.18. The van der Waals surface area contributed by atoms with E-state index in [4.69, 9.17) is 9.47 Å². The number of ether oxygens (including phenoxy) is 2. The molecule has 0 spiro atoms. The molecule has 6 nitrogen and oxygen atoms in total. The molecule has 1 aliphatic rings. The number of amides is 1. The molecule has 7 heteroatoms. The van der Waals surface area contributed by atoms with Gasteiger partial charge in [0.05, 0.1) is 13.2 Å². The summed E-state index contributed by atoms with van der Waals surface area (Å²) in [5, 5.41) is 0. The monoisotopic (exact) mass is 449 g/mol. The van der Waals surface area contributed by atoms with Gasteiger partial charge in [0.25, 0.3) is 0 Å². The SMILES string of the molecule is CN(C)CCCOc1ccc(-c2ccc(CN3CC(c4ccc(F)cc4)OC3=O)cc2)cn1. The minimum absolute atomic E-state index is 0.308. The van der Waals surface area contributed by atoms with Gasteiger partial charge >= 0.3 is 6.09 Å². The Morgan fingerprint density at radius 1 is 1.06 bits per heavy atom. The van der Waals surface area contributed by atoms with E-state index in [1.54, 1.807) is 23.2 Å². The van der Waals surface area contributed by atoms with Crippen molar-refractivity contribution in [1.29, 1.82) is 0 Å². The van der Waals surface area contributed by atoms with Gasteiger partial charge in [0.15, 0.2) is 0 Å². The van der Waals surface area contributed by atoms with Crippen LogP contribution in [0, 0.1) is 5.82 Å². The highest BCUT2D eigenvalue weighted by molar-refractivity contribution is 5.70. The molecule has 2 heterocycles. The molecule has 1 aromatic heterocycles. The van der Waals surface area contributed by atoms with Gasteiger partial charge in [-0.1, -0.05) is 36.4 Å². The van der Waals surface area contributed by atoms with E-state index in [0.717, 1.165) is 35.2 Å². The summed E-state index contributed by atoms with van der Waals surface area (Å²) in [6.07, 6.45) is 2.01. The van der Waals surface area contributed by atoms with E-state index in [2.05, 4.69) is 9.88 Å². The van der Waals surface area contributed by atoms with Gasteiger partial charge in [-0.25, -0.2) is 14.2 Å². The fourth-order valence-electron chi connectivity index (χ4n) is 3.71. The fourth-order valence-corrected chi connectivity index (χ4v) is 3.71. The lowest BCUT2D eigenvalue weighted by Gasteiger charge is -2.13. The van der Waals surface area contributed by atoms with Gasteiger partial charge in [0.2, 0.25) is 5.88 Å². The molecule has 172 valence electrons. The second-order valence-electron chi connectivity index (χ2n) is 8.39. The first-order valence-electron chi connectivity index (χ1n) is 11.0. The van der Waals surface area contributed by atoms with Crippen LogP contribution in [-0.2, 0) is 11.3 Å². The van der Waals surface area contributed by atoms with Gasteiger partial charge in [0.1, 0.15) is 11.9 Å². The molecule has 2 aromatic carbocycles. The van der Waals surface area contributed by atoms with Crippen LogP contribution in [0.3, 0.4) is 0 Å². The fraction of sp³-hybridized carbons (Fsp3) is 0.308. The van der Waals surface area contributed by atoms with Crippen molar-refractivity contribution in [2.45, 2.75) is 19.1 Å². The van der Waals surface area contributed by atoms with Crippen molar-refractivity contribution in [1.82, 2.24) is 14.8 Å². The highest BCUT2D eigenvalue weighted by Crippen LogP contribution is 2.28. The lowest BCUT2D eigenvalue weighted by Crippen LogP contribution is -2.23. The van der Waals surface area contributed by atoms with Crippen molar-refractivity contribution in [3.8, 4) is 17.0 Å². The zero-order valence-corrected chi connectivity index (χ0v) is 18.9. The highest BCUT2D eigenvalue weighted by atomic mass is 19.1. The molecule has 33 heavy (non-hydrogen) atoms. The first kappa shape index (κ1) is 22.7. The zero-order valence-electron chi connectivity index (χ0n) is 18.9. The predicted molar refractivity (Wildman–Crippen MR) is 124 cm³/mol. The Bertz CT molecular complexity index is 1050. The number of cyclic esters (lactones) is 1. The van der Waals surface area contributed by atoms with Gasteiger partial charge in [-0.2, -0.15) is 0 Å². The third-order valence-corrected chi connectivity index (χ3v) is 5.53. The molecule has 0 N–H and O–H groups in total. The molecule has 0 aliphatic carbocycles. The summed E-state index contributed by atoms with van der Waals surface area (Å²) in [5.41, 5.74) is 3.84. The van der Waals surface area contributed by atoms with Crippen LogP contribution < -0.4 is 4.74 Å². The minimum atomic E-state index is -0.382. The first-order chi connectivity index (χ1) is 16.0. The Morgan fingerprint density at radius 3 is 2.45 bits per heavy atom. The molecule has 0 bridgehead atoms. The van der Waals surface area contributed by atoms with E-state index in [1.807, 2.05) is 50.5 Å². The molecule has 4 rings (SSSR count). The summed E-state index contributed by atoms with van der Waals surface area (Å²) in [7, 11) is 4.08. The van der Waals surface area contributed by atoms with Crippen LogP contribution in [0.2, 0.25) is 0 Å². The summed E-state index contributed by atoms with van der Waals surface area (Å²) in [4.78, 5) is 20.5. The summed E-state index contributed by atoms with van der Waals surface area (Å²) >= 11 is 0. The van der Waals surface area contributed by atoms with Crippen molar-refractivity contribution in [3.63, 3.8) is 0 Å². The number of carbonyl (C=O) groups excluding carboxylic acids is 1. The van der Waals surface area contributed by atoms with Crippen molar-refractivity contribution in [2.24, 2.45) is 0 Å². The Morgan fingerprint density at radius 2 is 1.79 bits per heavy atom.